The summed E-state index contributed by atoms with van der Waals surface area (Å²) in [6, 6.07) is 5.37. The number of carbonyl (C=O) groups is 2. The minimum Gasteiger partial charge on any atom is -0.497 e. The molecular weight excluding hydrogens is 372 g/mol. The summed E-state index contributed by atoms with van der Waals surface area (Å²) in [7, 11) is 1.58. The number of hydrogen-bond donors (Lipinski definition) is 1. The third kappa shape index (κ3) is 5.63. The Hall–Kier alpha value is -2.28. The van der Waals surface area contributed by atoms with Crippen LogP contribution in [0, 0.1) is 0 Å². The molecule has 0 spiro atoms. The first-order valence-corrected chi connectivity index (χ1v) is 10.3. The van der Waals surface area contributed by atoms with Gasteiger partial charge in [0.05, 0.1) is 18.3 Å². The van der Waals surface area contributed by atoms with E-state index in [9.17, 15) is 9.59 Å². The van der Waals surface area contributed by atoms with E-state index in [1.807, 2.05) is 18.7 Å². The molecule has 2 saturated heterocycles. The summed E-state index contributed by atoms with van der Waals surface area (Å²) in [5.74, 6) is 1.09. The zero-order chi connectivity index (χ0) is 21.0. The van der Waals surface area contributed by atoms with Crippen LogP contribution in [0.5, 0.6) is 11.5 Å². The number of likely N-dealkylation sites (tertiary alicyclic amines) is 1. The number of methoxy groups -OCH3 is 1. The molecule has 1 aromatic rings. The van der Waals surface area contributed by atoms with Gasteiger partial charge < -0.3 is 24.4 Å². The molecule has 7 heteroatoms. The highest BCUT2D eigenvalue weighted by Crippen LogP contribution is 2.29. The molecule has 29 heavy (non-hydrogen) atoms. The van der Waals surface area contributed by atoms with Crippen molar-refractivity contribution in [2.24, 2.45) is 0 Å². The number of nitrogens with one attached hydrogen (secondary N) is 1. The van der Waals surface area contributed by atoms with Gasteiger partial charge in [-0.15, -0.1) is 0 Å². The van der Waals surface area contributed by atoms with Crippen molar-refractivity contribution in [2.75, 3.05) is 26.8 Å². The number of benzene rings is 1. The van der Waals surface area contributed by atoms with E-state index in [4.69, 9.17) is 14.2 Å². The van der Waals surface area contributed by atoms with Crippen LogP contribution in [-0.4, -0.2) is 61.3 Å². The van der Waals surface area contributed by atoms with Gasteiger partial charge in [-0.1, -0.05) is 0 Å². The quantitative estimate of drug-likeness (QED) is 0.817. The van der Waals surface area contributed by atoms with Gasteiger partial charge in [-0.05, 0) is 44.9 Å². The number of nitrogens with zero attached hydrogens (tertiary/aromatic N) is 1. The average molecular weight is 405 g/mol. The van der Waals surface area contributed by atoms with E-state index in [0.29, 0.717) is 36.8 Å². The highest BCUT2D eigenvalue weighted by atomic mass is 16.5. The molecule has 2 heterocycles. The van der Waals surface area contributed by atoms with Crippen LogP contribution in [0.25, 0.3) is 0 Å². The smallest absolute Gasteiger partial charge is 0.255 e. The standard InChI is InChI=1S/C22H32N2O5/c1-15(25)24-10-7-17(8-11-24)29-20-6-5-18(27-4)13-19(20)21(26)23-16-9-12-28-22(2,3)14-16/h5-6,13,16-17H,7-12,14H2,1-4H3,(H,23,26)/t16-/m1/s1. The van der Waals surface area contributed by atoms with Gasteiger partial charge in [0.1, 0.15) is 17.6 Å². The molecule has 3 rings (SSSR count). The summed E-state index contributed by atoms with van der Waals surface area (Å²) in [5, 5.41) is 3.13. The minimum atomic E-state index is -0.241. The third-order valence-corrected chi connectivity index (χ3v) is 5.64. The fraction of sp³-hybridized carbons (Fsp3) is 0.636. The fourth-order valence-corrected chi connectivity index (χ4v) is 4.00. The van der Waals surface area contributed by atoms with Crippen LogP contribution in [0.4, 0.5) is 0 Å². The lowest BCUT2D eigenvalue weighted by Crippen LogP contribution is -2.46. The lowest BCUT2D eigenvalue weighted by Gasteiger charge is -2.36. The second-order valence-corrected chi connectivity index (χ2v) is 8.46. The van der Waals surface area contributed by atoms with Crippen molar-refractivity contribution < 1.29 is 23.8 Å². The van der Waals surface area contributed by atoms with Crippen molar-refractivity contribution in [3.05, 3.63) is 23.8 Å². The van der Waals surface area contributed by atoms with Crippen molar-refractivity contribution in [1.29, 1.82) is 0 Å². The summed E-state index contributed by atoms with van der Waals surface area (Å²) in [4.78, 5) is 26.4. The van der Waals surface area contributed by atoms with Crippen LogP contribution in [-0.2, 0) is 9.53 Å². The second-order valence-electron chi connectivity index (χ2n) is 8.46. The Kier molecular flexibility index (Phi) is 6.67. The van der Waals surface area contributed by atoms with Crippen molar-refractivity contribution in [2.45, 2.75) is 64.2 Å². The molecule has 1 N–H and O–H groups in total. The van der Waals surface area contributed by atoms with Crippen molar-refractivity contribution >= 4 is 11.8 Å². The molecular formula is C22H32N2O5. The lowest BCUT2D eigenvalue weighted by atomic mass is 9.93. The SMILES string of the molecule is COc1ccc(OC2CCN(C(C)=O)CC2)c(C(=O)N[C@@H]2CCOC(C)(C)C2)c1. The molecule has 0 radical (unpaired) electrons. The lowest BCUT2D eigenvalue weighted by molar-refractivity contribution is -0.130. The molecule has 0 saturated carbocycles. The van der Waals surface area contributed by atoms with Gasteiger partial charge >= 0.3 is 0 Å². The molecule has 2 amide bonds. The van der Waals surface area contributed by atoms with E-state index in [2.05, 4.69) is 5.32 Å². The number of rotatable bonds is 5. The summed E-state index contributed by atoms with van der Waals surface area (Å²) < 4.78 is 17.2. The van der Waals surface area contributed by atoms with Crippen molar-refractivity contribution in [3.8, 4) is 11.5 Å². The van der Waals surface area contributed by atoms with E-state index in [-0.39, 0.29) is 29.6 Å². The van der Waals surface area contributed by atoms with Gasteiger partial charge in [0.25, 0.3) is 5.91 Å². The number of piperidine rings is 1. The summed E-state index contributed by atoms with van der Waals surface area (Å²) in [5.41, 5.74) is 0.233. The molecule has 0 aliphatic carbocycles. The first kappa shape index (κ1) is 21.4. The van der Waals surface area contributed by atoms with E-state index < -0.39 is 0 Å². The number of carbonyl (C=O) groups excluding carboxylic acids is 2. The van der Waals surface area contributed by atoms with Gasteiger partial charge in [0.2, 0.25) is 5.91 Å². The average Bonchev–Trinajstić information content (AvgIpc) is 2.68. The highest BCUT2D eigenvalue weighted by Gasteiger charge is 2.31. The predicted octanol–water partition coefficient (Wildman–Crippen LogP) is 2.77. The Bertz CT molecular complexity index is 741. The molecule has 0 unspecified atom stereocenters. The number of ether oxygens (including phenoxy) is 3. The maximum atomic E-state index is 13.1. The largest absolute Gasteiger partial charge is 0.497 e. The normalized spacial score (nSPS) is 22.1. The number of amides is 2. The van der Waals surface area contributed by atoms with Crippen LogP contribution in [0.1, 0.15) is 56.8 Å². The van der Waals surface area contributed by atoms with Gasteiger partial charge in [-0.2, -0.15) is 0 Å². The monoisotopic (exact) mass is 404 g/mol. The van der Waals surface area contributed by atoms with Crippen molar-refractivity contribution in [1.82, 2.24) is 10.2 Å². The Balaban J connectivity index is 1.70. The van der Waals surface area contributed by atoms with Crippen LogP contribution in [0.15, 0.2) is 18.2 Å². The maximum absolute atomic E-state index is 13.1. The Morgan fingerprint density at radius 3 is 2.55 bits per heavy atom. The summed E-state index contributed by atoms with van der Waals surface area (Å²) in [6.45, 7) is 7.65. The predicted molar refractivity (Wildman–Crippen MR) is 109 cm³/mol. The van der Waals surface area contributed by atoms with Gasteiger partial charge in [-0.3, -0.25) is 9.59 Å². The zero-order valence-electron chi connectivity index (χ0n) is 17.8. The molecule has 0 bridgehead atoms. The van der Waals surface area contributed by atoms with Crippen molar-refractivity contribution in [3.63, 3.8) is 0 Å². The fourth-order valence-electron chi connectivity index (χ4n) is 4.00. The summed E-state index contributed by atoms with van der Waals surface area (Å²) >= 11 is 0. The highest BCUT2D eigenvalue weighted by molar-refractivity contribution is 5.97. The summed E-state index contributed by atoms with van der Waals surface area (Å²) in [6.07, 6.45) is 3.04. The molecule has 7 nitrogen and oxygen atoms in total. The van der Waals surface area contributed by atoms with Crippen LogP contribution >= 0.6 is 0 Å². The molecule has 2 fully saturated rings. The topological polar surface area (TPSA) is 77.1 Å². The Labute approximate surface area is 172 Å². The minimum absolute atomic E-state index is 0.0208. The van der Waals surface area contributed by atoms with Gasteiger partial charge in [0, 0.05) is 45.5 Å². The first-order chi connectivity index (χ1) is 13.8. The van der Waals surface area contributed by atoms with Crippen LogP contribution in [0.3, 0.4) is 0 Å². The zero-order valence-corrected chi connectivity index (χ0v) is 17.8. The molecule has 2 aliphatic heterocycles. The second kappa shape index (κ2) is 9.03. The molecule has 160 valence electrons. The first-order valence-electron chi connectivity index (χ1n) is 10.3. The number of hydrogen-bond acceptors (Lipinski definition) is 5. The van der Waals surface area contributed by atoms with E-state index >= 15 is 0 Å². The van der Waals surface area contributed by atoms with Gasteiger partial charge in [-0.25, -0.2) is 0 Å². The molecule has 2 aliphatic rings. The van der Waals surface area contributed by atoms with Crippen LogP contribution in [0.2, 0.25) is 0 Å². The van der Waals surface area contributed by atoms with E-state index in [1.54, 1.807) is 32.2 Å². The van der Waals surface area contributed by atoms with Crippen LogP contribution < -0.4 is 14.8 Å². The molecule has 0 aromatic heterocycles. The maximum Gasteiger partial charge on any atom is 0.255 e. The Morgan fingerprint density at radius 1 is 1.21 bits per heavy atom. The van der Waals surface area contributed by atoms with Gasteiger partial charge in [0.15, 0.2) is 0 Å². The third-order valence-electron chi connectivity index (χ3n) is 5.64. The van der Waals surface area contributed by atoms with E-state index in [1.165, 1.54) is 0 Å². The molecule has 1 atom stereocenters. The van der Waals surface area contributed by atoms with E-state index in [0.717, 1.165) is 25.7 Å². The molecule has 1 aromatic carbocycles. The Morgan fingerprint density at radius 2 is 1.93 bits per heavy atom.